The third-order valence-corrected chi connectivity index (χ3v) is 7.22. The van der Waals surface area contributed by atoms with Gasteiger partial charge in [0, 0.05) is 35.9 Å². The summed E-state index contributed by atoms with van der Waals surface area (Å²) >= 11 is 0. The van der Waals surface area contributed by atoms with Crippen LogP contribution in [-0.2, 0) is 14.9 Å². The number of hydrogen-bond donors (Lipinski definition) is 1. The quantitative estimate of drug-likeness (QED) is 0.654. The van der Waals surface area contributed by atoms with Crippen molar-refractivity contribution >= 4 is 11.7 Å². The Kier molecular flexibility index (Phi) is 3.24. The number of carbonyl (C=O) groups is 1. The predicted octanol–water partition coefficient (Wildman–Crippen LogP) is 3.53. The minimum atomic E-state index is -0.180. The standard InChI is InChI=1S/C22H26N2O2/c1-4-21-8-5-10-24-11-9-22(20(21)24)16-12-14(2)6-7-17(16)23-18(22)15(13-21)19(25)26-3/h5-8,12,20,23H,4,9-11,13H2,1-3H3/t20-,21-,22-/m0/s1. The van der Waals surface area contributed by atoms with Gasteiger partial charge in [-0.1, -0.05) is 36.8 Å². The molecule has 1 fully saturated rings. The first-order chi connectivity index (χ1) is 12.6. The van der Waals surface area contributed by atoms with Gasteiger partial charge in [0.05, 0.1) is 18.1 Å². The zero-order valence-electron chi connectivity index (χ0n) is 15.8. The summed E-state index contributed by atoms with van der Waals surface area (Å²) in [6.07, 6.45) is 7.54. The summed E-state index contributed by atoms with van der Waals surface area (Å²) in [5, 5.41) is 3.65. The zero-order chi connectivity index (χ0) is 18.1. The lowest BCUT2D eigenvalue weighted by Gasteiger charge is -2.53. The number of esters is 1. The van der Waals surface area contributed by atoms with Crippen LogP contribution in [0.1, 0.15) is 37.3 Å². The molecule has 4 aliphatic rings. The van der Waals surface area contributed by atoms with Gasteiger partial charge in [-0.25, -0.2) is 4.79 Å². The van der Waals surface area contributed by atoms with Crippen LogP contribution in [0.2, 0.25) is 0 Å². The van der Waals surface area contributed by atoms with E-state index < -0.39 is 0 Å². The lowest BCUT2D eigenvalue weighted by Crippen LogP contribution is -2.58. The molecule has 136 valence electrons. The molecule has 26 heavy (non-hydrogen) atoms. The summed E-state index contributed by atoms with van der Waals surface area (Å²) in [7, 11) is 1.50. The van der Waals surface area contributed by atoms with E-state index in [1.54, 1.807) is 0 Å². The molecule has 0 unspecified atom stereocenters. The fourth-order valence-electron chi connectivity index (χ4n) is 6.17. The number of methoxy groups -OCH3 is 1. The first kappa shape index (κ1) is 16.1. The van der Waals surface area contributed by atoms with Crippen molar-refractivity contribution in [2.75, 3.05) is 25.5 Å². The fraction of sp³-hybridized carbons (Fsp3) is 0.500. The lowest BCUT2D eigenvalue weighted by molar-refractivity contribution is -0.137. The van der Waals surface area contributed by atoms with Crippen molar-refractivity contribution in [3.05, 3.63) is 52.7 Å². The van der Waals surface area contributed by atoms with Crippen molar-refractivity contribution in [2.45, 2.75) is 44.6 Å². The minimum absolute atomic E-state index is 0.00515. The van der Waals surface area contributed by atoms with Gasteiger partial charge in [0.15, 0.2) is 0 Å². The van der Waals surface area contributed by atoms with Gasteiger partial charge in [0.2, 0.25) is 0 Å². The molecule has 3 aliphatic heterocycles. The molecule has 4 nitrogen and oxygen atoms in total. The van der Waals surface area contributed by atoms with Gasteiger partial charge in [0.1, 0.15) is 0 Å². The number of ether oxygens (including phenoxy) is 1. The number of fused-ring (bicyclic) bond motifs is 1. The Morgan fingerprint density at radius 3 is 3.04 bits per heavy atom. The number of hydrogen-bond acceptors (Lipinski definition) is 4. The van der Waals surface area contributed by atoms with Crippen LogP contribution >= 0.6 is 0 Å². The smallest absolute Gasteiger partial charge is 0.335 e. The van der Waals surface area contributed by atoms with Gasteiger partial charge in [-0.05, 0) is 37.8 Å². The minimum Gasteiger partial charge on any atom is -0.466 e. The Labute approximate surface area is 154 Å². The van der Waals surface area contributed by atoms with Crippen LogP contribution in [0.4, 0.5) is 5.69 Å². The summed E-state index contributed by atoms with van der Waals surface area (Å²) < 4.78 is 5.22. The first-order valence-corrected chi connectivity index (χ1v) is 9.67. The highest BCUT2D eigenvalue weighted by atomic mass is 16.5. The number of rotatable bonds is 2. The van der Waals surface area contributed by atoms with Crippen molar-refractivity contribution < 1.29 is 9.53 Å². The average molecular weight is 350 g/mol. The average Bonchev–Trinajstić information content (AvgIpc) is 3.21. The third kappa shape index (κ3) is 1.76. The SMILES string of the molecule is CC[C@]12C=CCN3CC[C@]4(C(=C(C(=O)OC)C1)Nc1ccc(C)cc14)[C@@H]32. The van der Waals surface area contributed by atoms with Crippen LogP contribution in [0.25, 0.3) is 0 Å². The first-order valence-electron chi connectivity index (χ1n) is 9.67. The van der Waals surface area contributed by atoms with E-state index in [9.17, 15) is 4.79 Å². The van der Waals surface area contributed by atoms with Gasteiger partial charge in [-0.2, -0.15) is 0 Å². The molecule has 1 saturated heterocycles. The number of anilines is 1. The molecule has 1 aromatic rings. The normalized spacial score (nSPS) is 34.2. The van der Waals surface area contributed by atoms with Gasteiger partial charge < -0.3 is 10.1 Å². The Hall–Kier alpha value is -2.07. The molecular formula is C22H26N2O2. The monoisotopic (exact) mass is 350 g/mol. The van der Waals surface area contributed by atoms with Crippen LogP contribution in [0.5, 0.6) is 0 Å². The van der Waals surface area contributed by atoms with Gasteiger partial charge in [-0.3, -0.25) is 4.90 Å². The maximum atomic E-state index is 12.8. The number of nitrogens with zero attached hydrogens (tertiary/aromatic N) is 1. The topological polar surface area (TPSA) is 41.6 Å². The van der Waals surface area contributed by atoms with E-state index in [0.29, 0.717) is 6.04 Å². The number of benzene rings is 1. The van der Waals surface area contributed by atoms with Crippen LogP contribution in [-0.4, -0.2) is 37.1 Å². The molecule has 1 N–H and O–H groups in total. The van der Waals surface area contributed by atoms with Crippen molar-refractivity contribution in [1.29, 1.82) is 0 Å². The summed E-state index contributed by atoms with van der Waals surface area (Å²) in [6, 6.07) is 7.06. The molecule has 0 saturated carbocycles. The Morgan fingerprint density at radius 1 is 1.42 bits per heavy atom. The van der Waals surface area contributed by atoms with Crippen LogP contribution in [0.3, 0.4) is 0 Å². The summed E-state index contributed by atoms with van der Waals surface area (Å²) in [6.45, 7) is 6.50. The summed E-state index contributed by atoms with van der Waals surface area (Å²) in [4.78, 5) is 15.4. The maximum Gasteiger partial charge on any atom is 0.335 e. The molecular weight excluding hydrogens is 324 g/mol. The molecule has 3 heterocycles. The fourth-order valence-corrected chi connectivity index (χ4v) is 6.17. The van der Waals surface area contributed by atoms with E-state index in [0.717, 1.165) is 49.3 Å². The second-order valence-corrected chi connectivity index (χ2v) is 8.30. The van der Waals surface area contributed by atoms with Crippen molar-refractivity contribution in [3.8, 4) is 0 Å². The number of carbonyl (C=O) groups excluding carboxylic acids is 1. The molecule has 3 atom stereocenters. The van der Waals surface area contributed by atoms with E-state index in [1.165, 1.54) is 18.2 Å². The van der Waals surface area contributed by atoms with Crippen molar-refractivity contribution in [1.82, 2.24) is 4.90 Å². The molecule has 1 aliphatic carbocycles. The van der Waals surface area contributed by atoms with E-state index in [2.05, 4.69) is 54.4 Å². The molecule has 0 amide bonds. The van der Waals surface area contributed by atoms with Crippen LogP contribution < -0.4 is 5.32 Å². The largest absolute Gasteiger partial charge is 0.466 e. The highest BCUT2D eigenvalue weighted by Crippen LogP contribution is 2.64. The summed E-state index contributed by atoms with van der Waals surface area (Å²) in [5.74, 6) is -0.180. The Morgan fingerprint density at radius 2 is 2.27 bits per heavy atom. The Balaban J connectivity index is 1.84. The molecule has 0 radical (unpaired) electrons. The summed E-state index contributed by atoms with van der Waals surface area (Å²) in [5.41, 5.74) is 5.63. The molecule has 0 aromatic heterocycles. The highest BCUT2D eigenvalue weighted by molar-refractivity contribution is 5.93. The lowest BCUT2D eigenvalue weighted by atomic mass is 9.55. The highest BCUT2D eigenvalue weighted by Gasteiger charge is 2.65. The number of aryl methyl sites for hydroxylation is 1. The van der Waals surface area contributed by atoms with Crippen molar-refractivity contribution in [3.63, 3.8) is 0 Å². The molecule has 1 spiro atoms. The second kappa shape index (κ2) is 5.23. The maximum absolute atomic E-state index is 12.8. The second-order valence-electron chi connectivity index (χ2n) is 8.30. The molecule has 1 aromatic carbocycles. The van der Waals surface area contributed by atoms with E-state index >= 15 is 0 Å². The predicted molar refractivity (Wildman–Crippen MR) is 102 cm³/mol. The molecule has 5 rings (SSSR count). The third-order valence-electron chi connectivity index (χ3n) is 7.22. The number of nitrogens with one attached hydrogen (secondary N) is 1. The van der Waals surface area contributed by atoms with Crippen LogP contribution in [0.15, 0.2) is 41.6 Å². The molecule has 4 heteroatoms. The van der Waals surface area contributed by atoms with Crippen molar-refractivity contribution in [2.24, 2.45) is 5.41 Å². The van der Waals surface area contributed by atoms with E-state index in [-0.39, 0.29) is 16.8 Å². The van der Waals surface area contributed by atoms with E-state index in [4.69, 9.17) is 4.74 Å². The molecule has 0 bridgehead atoms. The van der Waals surface area contributed by atoms with Gasteiger partial charge >= 0.3 is 5.97 Å². The Bertz CT molecular complexity index is 871. The van der Waals surface area contributed by atoms with E-state index in [1.807, 2.05) is 0 Å². The van der Waals surface area contributed by atoms with Gasteiger partial charge in [-0.15, -0.1) is 0 Å². The van der Waals surface area contributed by atoms with Crippen LogP contribution in [0, 0.1) is 12.3 Å². The van der Waals surface area contributed by atoms with Gasteiger partial charge in [0.25, 0.3) is 0 Å². The zero-order valence-corrected chi connectivity index (χ0v) is 15.8.